The van der Waals surface area contributed by atoms with Gasteiger partial charge in [-0.2, -0.15) is 13.2 Å². The fourth-order valence-corrected chi connectivity index (χ4v) is 3.09. The fraction of sp³-hybridized carbons (Fsp3) is 0.400. The maximum Gasteiger partial charge on any atom is 0.417 e. The summed E-state index contributed by atoms with van der Waals surface area (Å²) in [6.07, 6.45) is -4.47. The van der Waals surface area contributed by atoms with Crippen LogP contribution in [-0.2, 0) is 22.3 Å². The smallest absolute Gasteiger partial charge is 0.322 e. The summed E-state index contributed by atoms with van der Waals surface area (Å²) >= 11 is 0. The van der Waals surface area contributed by atoms with Crippen molar-refractivity contribution >= 4 is 17.7 Å². The summed E-state index contributed by atoms with van der Waals surface area (Å²) in [4.78, 5) is 36.6. The standard InChI is InChI=1S/C15H13F3N2O3/c1-7-4-8-6-20(10-2-3-11(21)19-13(10)22)14(23)12(8)9(5-7)15(16,17)18/h4-5,10H,2-3,6H2,1H3,(H,19,21,22). The SMILES string of the molecule is Cc1cc2c(c(C(F)(F)F)c1)C(=O)N(C1CCC(=O)NC1=O)C2. The Balaban J connectivity index is 2.00. The quantitative estimate of drug-likeness (QED) is 0.800. The maximum absolute atomic E-state index is 13.2. The molecule has 1 fully saturated rings. The highest BCUT2D eigenvalue weighted by Gasteiger charge is 2.44. The lowest BCUT2D eigenvalue weighted by Crippen LogP contribution is -2.52. The predicted octanol–water partition coefficient (Wildman–Crippen LogP) is 1.77. The predicted molar refractivity (Wildman–Crippen MR) is 72.2 cm³/mol. The molecule has 1 saturated heterocycles. The highest BCUT2D eigenvalue weighted by atomic mass is 19.4. The van der Waals surface area contributed by atoms with Crippen molar-refractivity contribution < 1.29 is 27.6 Å². The number of carbonyl (C=O) groups is 3. The van der Waals surface area contributed by atoms with Crippen LogP contribution in [0.25, 0.3) is 0 Å². The molecule has 1 aromatic carbocycles. The number of hydrogen-bond acceptors (Lipinski definition) is 3. The van der Waals surface area contributed by atoms with E-state index in [0.29, 0.717) is 5.56 Å². The molecule has 3 rings (SSSR count). The van der Waals surface area contributed by atoms with Crippen molar-refractivity contribution in [3.63, 3.8) is 0 Å². The van der Waals surface area contributed by atoms with Crippen LogP contribution in [-0.4, -0.2) is 28.7 Å². The van der Waals surface area contributed by atoms with Gasteiger partial charge in [0.25, 0.3) is 5.91 Å². The number of halogens is 3. The molecule has 0 aromatic heterocycles. The number of carbonyl (C=O) groups excluding carboxylic acids is 3. The van der Waals surface area contributed by atoms with Gasteiger partial charge < -0.3 is 4.90 Å². The van der Waals surface area contributed by atoms with Gasteiger partial charge in [0.1, 0.15) is 6.04 Å². The normalized spacial score (nSPS) is 21.5. The molecule has 0 aliphatic carbocycles. The molecular weight excluding hydrogens is 313 g/mol. The van der Waals surface area contributed by atoms with Gasteiger partial charge in [-0.1, -0.05) is 11.6 Å². The molecule has 0 spiro atoms. The Morgan fingerprint density at radius 2 is 1.91 bits per heavy atom. The average Bonchev–Trinajstić information content (AvgIpc) is 2.74. The number of fused-ring (bicyclic) bond motifs is 1. The average molecular weight is 326 g/mol. The molecular formula is C15H13F3N2O3. The Labute approximate surface area is 129 Å². The fourth-order valence-electron chi connectivity index (χ4n) is 3.09. The van der Waals surface area contributed by atoms with E-state index in [4.69, 9.17) is 0 Å². The van der Waals surface area contributed by atoms with Crippen molar-refractivity contribution in [3.05, 3.63) is 34.4 Å². The first-order chi connectivity index (χ1) is 10.7. The Bertz CT molecular complexity index is 727. The number of nitrogens with one attached hydrogen (secondary N) is 1. The first kappa shape index (κ1) is 15.5. The highest BCUT2D eigenvalue weighted by Crippen LogP contribution is 2.39. The molecule has 0 saturated carbocycles. The van der Waals surface area contributed by atoms with Crippen molar-refractivity contribution in [2.75, 3.05) is 0 Å². The van der Waals surface area contributed by atoms with Gasteiger partial charge in [0.15, 0.2) is 0 Å². The van der Waals surface area contributed by atoms with Gasteiger partial charge in [-0.3, -0.25) is 19.7 Å². The minimum atomic E-state index is -4.65. The summed E-state index contributed by atoms with van der Waals surface area (Å²) in [7, 11) is 0. The second-order valence-corrected chi connectivity index (χ2v) is 5.74. The summed E-state index contributed by atoms with van der Waals surface area (Å²) in [5.41, 5.74) is -0.721. The molecule has 1 aromatic rings. The first-order valence-electron chi connectivity index (χ1n) is 7.04. The van der Waals surface area contributed by atoms with Crippen LogP contribution in [0.1, 0.15) is 39.9 Å². The van der Waals surface area contributed by atoms with Gasteiger partial charge in [-0.15, -0.1) is 0 Å². The lowest BCUT2D eigenvalue weighted by atomic mass is 9.99. The molecule has 122 valence electrons. The highest BCUT2D eigenvalue weighted by molar-refractivity contribution is 6.06. The zero-order chi connectivity index (χ0) is 16.9. The lowest BCUT2D eigenvalue weighted by Gasteiger charge is -2.29. The van der Waals surface area contributed by atoms with E-state index in [9.17, 15) is 27.6 Å². The minimum absolute atomic E-state index is 0.0572. The number of amides is 3. The number of piperidine rings is 1. The molecule has 3 amide bonds. The molecule has 2 heterocycles. The lowest BCUT2D eigenvalue weighted by molar-refractivity contribution is -0.138. The molecule has 5 nitrogen and oxygen atoms in total. The first-order valence-corrected chi connectivity index (χ1v) is 7.04. The van der Waals surface area contributed by atoms with E-state index in [1.165, 1.54) is 13.0 Å². The summed E-state index contributed by atoms with van der Waals surface area (Å²) < 4.78 is 39.6. The van der Waals surface area contributed by atoms with Crippen molar-refractivity contribution in [1.82, 2.24) is 10.2 Å². The summed E-state index contributed by atoms with van der Waals surface area (Å²) in [6.45, 7) is 1.46. The number of alkyl halides is 3. The van der Waals surface area contributed by atoms with Gasteiger partial charge >= 0.3 is 6.18 Å². The zero-order valence-electron chi connectivity index (χ0n) is 12.2. The van der Waals surface area contributed by atoms with Gasteiger partial charge in [0.05, 0.1) is 11.1 Å². The maximum atomic E-state index is 13.2. The number of benzene rings is 1. The Morgan fingerprint density at radius 1 is 1.22 bits per heavy atom. The molecule has 0 bridgehead atoms. The second kappa shape index (κ2) is 5.07. The molecule has 2 aliphatic rings. The monoisotopic (exact) mass is 326 g/mol. The van der Waals surface area contributed by atoms with Crippen LogP contribution in [0.4, 0.5) is 13.2 Å². The third kappa shape index (κ3) is 2.58. The van der Waals surface area contributed by atoms with E-state index in [-0.39, 0.29) is 24.9 Å². The molecule has 1 unspecified atom stereocenters. The number of imide groups is 1. The summed E-state index contributed by atoms with van der Waals surface area (Å²) in [5.74, 6) is -1.91. The van der Waals surface area contributed by atoms with E-state index in [1.807, 2.05) is 0 Å². The van der Waals surface area contributed by atoms with Crippen LogP contribution < -0.4 is 5.32 Å². The van der Waals surface area contributed by atoms with E-state index in [2.05, 4.69) is 5.32 Å². The minimum Gasteiger partial charge on any atom is -0.322 e. The Hall–Kier alpha value is -2.38. The van der Waals surface area contributed by atoms with Gasteiger partial charge in [-0.25, -0.2) is 0 Å². The van der Waals surface area contributed by atoms with Crippen molar-refractivity contribution in [3.8, 4) is 0 Å². The largest absolute Gasteiger partial charge is 0.417 e. The number of nitrogens with zero attached hydrogens (tertiary/aromatic N) is 1. The van der Waals surface area contributed by atoms with Crippen LogP contribution in [0.3, 0.4) is 0 Å². The zero-order valence-corrected chi connectivity index (χ0v) is 12.2. The number of rotatable bonds is 1. The van der Waals surface area contributed by atoms with Crippen molar-refractivity contribution in [2.45, 2.75) is 38.5 Å². The number of aryl methyl sites for hydroxylation is 1. The summed E-state index contributed by atoms with van der Waals surface area (Å²) in [6, 6.07) is 1.54. The number of hydrogen-bond donors (Lipinski definition) is 1. The third-order valence-electron chi connectivity index (χ3n) is 4.07. The molecule has 1 atom stereocenters. The van der Waals surface area contributed by atoms with E-state index < -0.39 is 41.1 Å². The topological polar surface area (TPSA) is 66.5 Å². The van der Waals surface area contributed by atoms with Crippen molar-refractivity contribution in [1.29, 1.82) is 0 Å². The summed E-state index contributed by atoms with van der Waals surface area (Å²) in [5, 5.41) is 2.12. The van der Waals surface area contributed by atoms with Crippen LogP contribution in [0.5, 0.6) is 0 Å². The van der Waals surface area contributed by atoms with Gasteiger partial charge in [0, 0.05) is 13.0 Å². The van der Waals surface area contributed by atoms with E-state index >= 15 is 0 Å². The van der Waals surface area contributed by atoms with Gasteiger partial charge in [0.2, 0.25) is 11.8 Å². The Kier molecular flexibility index (Phi) is 3.42. The van der Waals surface area contributed by atoms with Crippen LogP contribution in [0.15, 0.2) is 12.1 Å². The van der Waals surface area contributed by atoms with Crippen LogP contribution >= 0.6 is 0 Å². The molecule has 1 N–H and O–H groups in total. The van der Waals surface area contributed by atoms with Crippen LogP contribution in [0.2, 0.25) is 0 Å². The third-order valence-corrected chi connectivity index (χ3v) is 4.07. The van der Waals surface area contributed by atoms with E-state index in [0.717, 1.165) is 11.0 Å². The van der Waals surface area contributed by atoms with Crippen molar-refractivity contribution in [2.24, 2.45) is 0 Å². The van der Waals surface area contributed by atoms with E-state index in [1.54, 1.807) is 0 Å². The molecule has 23 heavy (non-hydrogen) atoms. The molecule has 2 aliphatic heterocycles. The second-order valence-electron chi connectivity index (χ2n) is 5.74. The molecule has 0 radical (unpaired) electrons. The van der Waals surface area contributed by atoms with Crippen LogP contribution in [0, 0.1) is 6.92 Å². The van der Waals surface area contributed by atoms with Gasteiger partial charge in [-0.05, 0) is 25.0 Å². The molecule has 8 heteroatoms. The Morgan fingerprint density at radius 3 is 2.52 bits per heavy atom.